The standard InChI is InChI=1S/C15H18N4O/c1-16-7-6-14-17-9-13(18-14)11-2-4-12-10(8-11)3-5-15(20)19-12/h2,4,8-9,16H,3,5-7H2,1H3,(H,17,18)(H,19,20). The Bertz CT molecular complexity index is 633. The molecule has 0 bridgehead atoms. The third-order valence-electron chi connectivity index (χ3n) is 3.55. The van der Waals surface area contributed by atoms with Gasteiger partial charge in [0.1, 0.15) is 5.82 Å². The second kappa shape index (κ2) is 5.46. The number of likely N-dealkylation sites (N-methyl/N-ethyl adjacent to an activating group) is 1. The minimum atomic E-state index is 0.0983. The first-order valence-electron chi connectivity index (χ1n) is 6.88. The van der Waals surface area contributed by atoms with Crippen LogP contribution >= 0.6 is 0 Å². The molecule has 1 aromatic heterocycles. The second-order valence-electron chi connectivity index (χ2n) is 5.02. The molecule has 104 valence electrons. The summed E-state index contributed by atoms with van der Waals surface area (Å²) in [5.41, 5.74) is 4.26. The third-order valence-corrected chi connectivity index (χ3v) is 3.55. The number of carbonyl (C=O) groups excluding carboxylic acids is 1. The van der Waals surface area contributed by atoms with Gasteiger partial charge in [0.15, 0.2) is 0 Å². The van der Waals surface area contributed by atoms with Gasteiger partial charge in [0.25, 0.3) is 0 Å². The molecule has 1 amide bonds. The quantitative estimate of drug-likeness (QED) is 0.792. The lowest BCUT2D eigenvalue weighted by Gasteiger charge is -2.17. The zero-order chi connectivity index (χ0) is 13.9. The monoisotopic (exact) mass is 270 g/mol. The molecule has 0 aliphatic carbocycles. The minimum absolute atomic E-state index is 0.0983. The first-order chi connectivity index (χ1) is 9.76. The van der Waals surface area contributed by atoms with Gasteiger partial charge < -0.3 is 15.6 Å². The summed E-state index contributed by atoms with van der Waals surface area (Å²) in [7, 11) is 1.93. The second-order valence-corrected chi connectivity index (χ2v) is 5.02. The zero-order valence-corrected chi connectivity index (χ0v) is 11.5. The number of aromatic amines is 1. The molecule has 0 unspecified atom stereocenters. The van der Waals surface area contributed by atoms with E-state index in [0.717, 1.165) is 42.2 Å². The predicted octanol–water partition coefficient (Wildman–Crippen LogP) is 1.72. The summed E-state index contributed by atoms with van der Waals surface area (Å²) in [5, 5.41) is 6.01. The smallest absolute Gasteiger partial charge is 0.224 e. The van der Waals surface area contributed by atoms with Crippen LogP contribution in [0.3, 0.4) is 0 Å². The van der Waals surface area contributed by atoms with Crippen molar-refractivity contribution in [1.82, 2.24) is 15.3 Å². The van der Waals surface area contributed by atoms with Crippen LogP contribution in [0.1, 0.15) is 17.8 Å². The molecule has 0 saturated carbocycles. The Morgan fingerprint density at radius 1 is 1.35 bits per heavy atom. The molecular formula is C15H18N4O. The van der Waals surface area contributed by atoms with Gasteiger partial charge in [-0.2, -0.15) is 0 Å². The SMILES string of the molecule is CNCCc1ncc(-c2ccc3c(c2)CCC(=O)N3)[nH]1. The fourth-order valence-electron chi connectivity index (χ4n) is 2.43. The van der Waals surface area contributed by atoms with Crippen LogP contribution in [0.4, 0.5) is 5.69 Å². The van der Waals surface area contributed by atoms with Gasteiger partial charge in [-0.3, -0.25) is 4.79 Å². The van der Waals surface area contributed by atoms with Crippen LogP contribution in [0.5, 0.6) is 0 Å². The zero-order valence-electron chi connectivity index (χ0n) is 11.5. The number of nitrogens with zero attached hydrogens (tertiary/aromatic N) is 1. The molecule has 5 nitrogen and oxygen atoms in total. The number of anilines is 1. The summed E-state index contributed by atoms with van der Waals surface area (Å²) >= 11 is 0. The van der Waals surface area contributed by atoms with Crippen LogP contribution in [0.15, 0.2) is 24.4 Å². The van der Waals surface area contributed by atoms with Gasteiger partial charge in [0, 0.05) is 25.1 Å². The van der Waals surface area contributed by atoms with Gasteiger partial charge in [-0.1, -0.05) is 6.07 Å². The van der Waals surface area contributed by atoms with E-state index in [4.69, 9.17) is 0 Å². The highest BCUT2D eigenvalue weighted by Gasteiger charge is 2.15. The summed E-state index contributed by atoms with van der Waals surface area (Å²) in [6.45, 7) is 0.906. The van der Waals surface area contributed by atoms with E-state index in [2.05, 4.69) is 26.7 Å². The lowest BCUT2D eigenvalue weighted by atomic mass is 9.99. The van der Waals surface area contributed by atoms with Crippen molar-refractivity contribution in [2.75, 3.05) is 18.9 Å². The van der Waals surface area contributed by atoms with E-state index < -0.39 is 0 Å². The number of fused-ring (bicyclic) bond motifs is 1. The number of nitrogens with one attached hydrogen (secondary N) is 3. The number of amides is 1. The number of imidazole rings is 1. The Kier molecular flexibility index (Phi) is 3.52. The van der Waals surface area contributed by atoms with Crippen molar-refractivity contribution < 1.29 is 4.79 Å². The van der Waals surface area contributed by atoms with Crippen LogP contribution < -0.4 is 10.6 Å². The molecule has 0 fully saturated rings. The van der Waals surface area contributed by atoms with E-state index in [1.165, 1.54) is 5.56 Å². The highest BCUT2D eigenvalue weighted by molar-refractivity contribution is 5.94. The van der Waals surface area contributed by atoms with Gasteiger partial charge in [0.2, 0.25) is 5.91 Å². The highest BCUT2D eigenvalue weighted by Crippen LogP contribution is 2.27. The van der Waals surface area contributed by atoms with Gasteiger partial charge >= 0.3 is 0 Å². The van der Waals surface area contributed by atoms with Crippen LogP contribution in [0, 0.1) is 0 Å². The van der Waals surface area contributed by atoms with Crippen molar-refractivity contribution in [2.24, 2.45) is 0 Å². The number of hydrogen-bond donors (Lipinski definition) is 3. The van der Waals surface area contributed by atoms with Crippen molar-refractivity contribution in [3.05, 3.63) is 35.8 Å². The largest absolute Gasteiger partial charge is 0.342 e. The van der Waals surface area contributed by atoms with E-state index in [1.54, 1.807) is 0 Å². The molecule has 0 atom stereocenters. The molecule has 1 aromatic carbocycles. The Hall–Kier alpha value is -2.14. The van der Waals surface area contributed by atoms with Crippen LogP contribution in [-0.4, -0.2) is 29.5 Å². The van der Waals surface area contributed by atoms with Crippen molar-refractivity contribution in [2.45, 2.75) is 19.3 Å². The number of H-pyrrole nitrogens is 1. The van der Waals surface area contributed by atoms with E-state index in [0.29, 0.717) is 6.42 Å². The first-order valence-corrected chi connectivity index (χ1v) is 6.88. The molecule has 0 radical (unpaired) electrons. The average Bonchev–Trinajstić information content (AvgIpc) is 2.93. The summed E-state index contributed by atoms with van der Waals surface area (Å²) in [4.78, 5) is 19.1. The molecule has 0 saturated heterocycles. The van der Waals surface area contributed by atoms with E-state index >= 15 is 0 Å². The highest BCUT2D eigenvalue weighted by atomic mass is 16.1. The lowest BCUT2D eigenvalue weighted by molar-refractivity contribution is -0.116. The Balaban J connectivity index is 1.83. The molecule has 2 aromatic rings. The maximum absolute atomic E-state index is 11.4. The topological polar surface area (TPSA) is 69.8 Å². The van der Waals surface area contributed by atoms with Crippen LogP contribution in [-0.2, 0) is 17.6 Å². The predicted molar refractivity (Wildman–Crippen MR) is 78.6 cm³/mol. The number of benzene rings is 1. The third kappa shape index (κ3) is 2.58. The average molecular weight is 270 g/mol. The maximum atomic E-state index is 11.4. The minimum Gasteiger partial charge on any atom is -0.342 e. The Morgan fingerprint density at radius 3 is 3.10 bits per heavy atom. The van der Waals surface area contributed by atoms with Crippen molar-refractivity contribution >= 4 is 11.6 Å². The summed E-state index contributed by atoms with van der Waals surface area (Å²) in [6, 6.07) is 6.11. The fourth-order valence-corrected chi connectivity index (χ4v) is 2.43. The molecule has 3 rings (SSSR count). The number of carbonyl (C=O) groups is 1. The molecular weight excluding hydrogens is 252 g/mol. The van der Waals surface area contributed by atoms with Gasteiger partial charge in [-0.05, 0) is 36.7 Å². The van der Waals surface area contributed by atoms with E-state index in [9.17, 15) is 4.79 Å². The lowest BCUT2D eigenvalue weighted by Crippen LogP contribution is -2.18. The van der Waals surface area contributed by atoms with Gasteiger partial charge in [0.05, 0.1) is 11.9 Å². The summed E-state index contributed by atoms with van der Waals surface area (Å²) < 4.78 is 0. The normalized spacial score (nSPS) is 13.9. The molecule has 0 spiro atoms. The van der Waals surface area contributed by atoms with Gasteiger partial charge in [-0.15, -0.1) is 0 Å². The Labute approximate surface area is 117 Å². The van der Waals surface area contributed by atoms with Crippen LogP contribution in [0.2, 0.25) is 0 Å². The molecule has 3 N–H and O–H groups in total. The fraction of sp³-hybridized carbons (Fsp3) is 0.333. The summed E-state index contributed by atoms with van der Waals surface area (Å²) in [6.07, 6.45) is 4.12. The van der Waals surface area contributed by atoms with Crippen molar-refractivity contribution in [3.8, 4) is 11.3 Å². The van der Waals surface area contributed by atoms with Crippen molar-refractivity contribution in [1.29, 1.82) is 0 Å². The number of aryl methyl sites for hydroxylation is 1. The van der Waals surface area contributed by atoms with Gasteiger partial charge in [-0.25, -0.2) is 4.98 Å². The first kappa shape index (κ1) is 12.9. The Morgan fingerprint density at radius 2 is 2.25 bits per heavy atom. The number of aromatic nitrogens is 2. The maximum Gasteiger partial charge on any atom is 0.224 e. The van der Waals surface area contributed by atoms with E-state index in [1.807, 2.05) is 25.4 Å². The molecule has 20 heavy (non-hydrogen) atoms. The number of hydrogen-bond acceptors (Lipinski definition) is 3. The van der Waals surface area contributed by atoms with Crippen molar-refractivity contribution in [3.63, 3.8) is 0 Å². The molecule has 2 heterocycles. The van der Waals surface area contributed by atoms with Crippen LogP contribution in [0.25, 0.3) is 11.3 Å². The van der Waals surface area contributed by atoms with E-state index in [-0.39, 0.29) is 5.91 Å². The molecule has 1 aliphatic heterocycles. The number of rotatable bonds is 4. The molecule has 5 heteroatoms. The molecule has 1 aliphatic rings. The summed E-state index contributed by atoms with van der Waals surface area (Å²) in [5.74, 6) is 1.08.